The lowest BCUT2D eigenvalue weighted by molar-refractivity contribution is -0.181. The zero-order valence-electron chi connectivity index (χ0n) is 15.8. The predicted octanol–water partition coefficient (Wildman–Crippen LogP) is 2.39. The Labute approximate surface area is 174 Å². The molecule has 0 aromatic heterocycles. The molecule has 0 aliphatic carbocycles. The first-order chi connectivity index (χ1) is 14.0. The van der Waals surface area contributed by atoms with Crippen LogP contribution in [0.25, 0.3) is 0 Å². The van der Waals surface area contributed by atoms with Crippen LogP contribution >= 0.6 is 11.6 Å². The summed E-state index contributed by atoms with van der Waals surface area (Å²) < 4.78 is 11.7. The molecule has 4 atom stereocenters. The van der Waals surface area contributed by atoms with Gasteiger partial charge >= 0.3 is 0 Å². The number of rotatable bonds is 4. The summed E-state index contributed by atoms with van der Waals surface area (Å²) in [6, 6.07) is 9.72. The molecule has 2 aromatic carbocycles. The van der Waals surface area contributed by atoms with Gasteiger partial charge in [-0.3, -0.25) is 0 Å². The largest absolute Gasteiger partial charge is 0.491 e. The van der Waals surface area contributed by atoms with E-state index in [0.29, 0.717) is 30.2 Å². The zero-order valence-corrected chi connectivity index (χ0v) is 16.6. The molecule has 29 heavy (non-hydrogen) atoms. The number of benzene rings is 2. The molecule has 0 bridgehead atoms. The highest BCUT2D eigenvalue weighted by molar-refractivity contribution is 6.33. The highest BCUT2D eigenvalue weighted by Gasteiger charge is 2.39. The van der Waals surface area contributed by atoms with E-state index in [4.69, 9.17) is 27.5 Å². The summed E-state index contributed by atoms with van der Waals surface area (Å²) >= 11 is 6.65. The molecule has 1 saturated heterocycles. The van der Waals surface area contributed by atoms with Crippen molar-refractivity contribution in [1.29, 1.82) is 0 Å². The van der Waals surface area contributed by atoms with Crippen molar-refractivity contribution in [2.45, 2.75) is 43.7 Å². The van der Waals surface area contributed by atoms with Crippen LogP contribution in [0.15, 0.2) is 30.3 Å². The Bertz CT molecular complexity index is 934. The number of hydrogen-bond donors (Lipinski definition) is 3. The lowest BCUT2D eigenvalue weighted by Gasteiger charge is -2.37. The van der Waals surface area contributed by atoms with Crippen molar-refractivity contribution < 1.29 is 24.8 Å². The van der Waals surface area contributed by atoms with E-state index >= 15 is 0 Å². The number of terminal acetylenes is 1. The Morgan fingerprint density at radius 1 is 1.21 bits per heavy atom. The van der Waals surface area contributed by atoms with Gasteiger partial charge in [-0.25, -0.2) is 0 Å². The summed E-state index contributed by atoms with van der Waals surface area (Å²) in [5, 5.41) is 30.4. The minimum Gasteiger partial charge on any atom is -0.491 e. The minimum absolute atomic E-state index is 0.238. The molecule has 1 fully saturated rings. The van der Waals surface area contributed by atoms with Gasteiger partial charge < -0.3 is 24.8 Å². The SMILES string of the molecule is C#Cc1ccc(Cc2cc(C3CC(O)[C@H](O)C(CO)O3)c3c(c2Cl)OCC3)cc1. The van der Waals surface area contributed by atoms with Gasteiger partial charge in [0.05, 0.1) is 30.4 Å². The molecule has 2 aliphatic rings. The van der Waals surface area contributed by atoms with Crippen LogP contribution in [0, 0.1) is 12.3 Å². The molecule has 5 nitrogen and oxygen atoms in total. The van der Waals surface area contributed by atoms with Crippen LogP contribution < -0.4 is 4.74 Å². The number of ether oxygens (including phenoxy) is 2. The van der Waals surface area contributed by atoms with Gasteiger partial charge in [-0.2, -0.15) is 0 Å². The third kappa shape index (κ3) is 3.87. The van der Waals surface area contributed by atoms with Gasteiger partial charge in [-0.05, 0) is 35.2 Å². The lowest BCUT2D eigenvalue weighted by Crippen LogP contribution is -2.47. The Hall–Kier alpha value is -2.07. The molecule has 0 spiro atoms. The Morgan fingerprint density at radius 2 is 1.97 bits per heavy atom. The molecule has 0 saturated carbocycles. The molecule has 4 rings (SSSR count). The van der Waals surface area contributed by atoms with E-state index in [0.717, 1.165) is 27.8 Å². The van der Waals surface area contributed by atoms with Gasteiger partial charge in [-0.1, -0.05) is 35.7 Å². The molecule has 152 valence electrons. The van der Waals surface area contributed by atoms with Crippen LogP contribution in [-0.2, 0) is 17.6 Å². The molecule has 2 heterocycles. The molecule has 2 aromatic rings. The predicted molar refractivity (Wildman–Crippen MR) is 109 cm³/mol. The average Bonchev–Trinajstić information content (AvgIpc) is 3.23. The van der Waals surface area contributed by atoms with Crippen molar-refractivity contribution in [3.8, 4) is 18.1 Å². The van der Waals surface area contributed by atoms with Crippen LogP contribution in [0.3, 0.4) is 0 Å². The first kappa shape index (κ1) is 20.2. The number of aliphatic hydroxyl groups is 3. The monoisotopic (exact) mass is 414 g/mol. The summed E-state index contributed by atoms with van der Waals surface area (Å²) in [6.07, 6.45) is 3.58. The fourth-order valence-electron chi connectivity index (χ4n) is 4.07. The molecular weight excluding hydrogens is 392 g/mol. The highest BCUT2D eigenvalue weighted by atomic mass is 35.5. The van der Waals surface area contributed by atoms with Crippen molar-refractivity contribution >= 4 is 11.6 Å². The quantitative estimate of drug-likeness (QED) is 0.669. The summed E-state index contributed by atoms with van der Waals surface area (Å²) in [5.41, 5.74) is 4.62. The van der Waals surface area contributed by atoms with Crippen molar-refractivity contribution in [3.05, 3.63) is 63.2 Å². The lowest BCUT2D eigenvalue weighted by atomic mass is 9.88. The van der Waals surface area contributed by atoms with Crippen LogP contribution in [0.5, 0.6) is 5.75 Å². The summed E-state index contributed by atoms with van der Waals surface area (Å²) in [5.74, 6) is 3.26. The molecule has 6 heteroatoms. The molecule has 0 amide bonds. The first-order valence-corrected chi connectivity index (χ1v) is 10.0. The average molecular weight is 415 g/mol. The van der Waals surface area contributed by atoms with Crippen LogP contribution in [-0.4, -0.2) is 46.8 Å². The van der Waals surface area contributed by atoms with Gasteiger partial charge in [0.25, 0.3) is 0 Å². The second-order valence-electron chi connectivity index (χ2n) is 7.50. The number of aliphatic hydroxyl groups excluding tert-OH is 3. The molecule has 0 radical (unpaired) electrons. The van der Waals surface area contributed by atoms with Gasteiger partial charge in [0, 0.05) is 24.0 Å². The fourth-order valence-corrected chi connectivity index (χ4v) is 4.36. The fraction of sp³-hybridized carbons (Fsp3) is 0.391. The maximum Gasteiger partial charge on any atom is 0.141 e. The van der Waals surface area contributed by atoms with Crippen LogP contribution in [0.4, 0.5) is 0 Å². The summed E-state index contributed by atoms with van der Waals surface area (Å²) in [7, 11) is 0. The van der Waals surface area contributed by atoms with E-state index in [9.17, 15) is 15.3 Å². The van der Waals surface area contributed by atoms with E-state index in [1.807, 2.05) is 30.3 Å². The Kier molecular flexibility index (Phi) is 5.82. The molecule has 3 unspecified atom stereocenters. The van der Waals surface area contributed by atoms with E-state index in [1.165, 1.54) is 0 Å². The standard InChI is InChI=1S/C23H23ClO5/c1-2-13-3-5-14(6-4-13)9-15-10-17(16-7-8-28-23(16)21(15)24)19-11-18(26)22(27)20(12-25)29-19/h1,3-6,10,18-20,22,25-27H,7-9,11-12H2/t18?,19?,20?,22-/m0/s1. The topological polar surface area (TPSA) is 79.2 Å². The second-order valence-corrected chi connectivity index (χ2v) is 7.88. The van der Waals surface area contributed by atoms with Crippen molar-refractivity contribution in [2.24, 2.45) is 0 Å². The van der Waals surface area contributed by atoms with Crippen molar-refractivity contribution in [1.82, 2.24) is 0 Å². The molecular formula is C23H23ClO5. The summed E-state index contributed by atoms with van der Waals surface area (Å²) in [4.78, 5) is 0. The van der Waals surface area contributed by atoms with E-state index in [-0.39, 0.29) is 13.0 Å². The van der Waals surface area contributed by atoms with Crippen molar-refractivity contribution in [2.75, 3.05) is 13.2 Å². The van der Waals surface area contributed by atoms with Gasteiger partial charge in [0.1, 0.15) is 18.0 Å². The number of fused-ring (bicyclic) bond motifs is 1. The van der Waals surface area contributed by atoms with Gasteiger partial charge in [0.2, 0.25) is 0 Å². The maximum absolute atomic E-state index is 10.3. The Morgan fingerprint density at radius 3 is 2.66 bits per heavy atom. The zero-order chi connectivity index (χ0) is 20.5. The van der Waals surface area contributed by atoms with Crippen LogP contribution in [0.1, 0.15) is 40.3 Å². The number of hydrogen-bond acceptors (Lipinski definition) is 5. The maximum atomic E-state index is 10.3. The smallest absolute Gasteiger partial charge is 0.141 e. The molecule has 2 aliphatic heterocycles. The number of halogens is 1. The Balaban J connectivity index is 1.70. The van der Waals surface area contributed by atoms with Crippen molar-refractivity contribution in [3.63, 3.8) is 0 Å². The third-order valence-electron chi connectivity index (χ3n) is 5.64. The van der Waals surface area contributed by atoms with E-state index in [1.54, 1.807) is 0 Å². The normalized spacial score (nSPS) is 25.9. The van der Waals surface area contributed by atoms with Gasteiger partial charge in [-0.15, -0.1) is 6.42 Å². The van der Waals surface area contributed by atoms with Gasteiger partial charge in [0.15, 0.2) is 0 Å². The second kappa shape index (κ2) is 8.35. The first-order valence-electron chi connectivity index (χ1n) is 9.66. The minimum atomic E-state index is -1.11. The van der Waals surface area contributed by atoms with Crippen LogP contribution in [0.2, 0.25) is 5.02 Å². The third-order valence-corrected chi connectivity index (χ3v) is 6.06. The van der Waals surface area contributed by atoms with E-state index < -0.39 is 24.4 Å². The van der Waals surface area contributed by atoms with E-state index in [2.05, 4.69) is 5.92 Å². The highest BCUT2D eigenvalue weighted by Crippen LogP contribution is 2.44. The molecule has 3 N–H and O–H groups in total. The summed E-state index contributed by atoms with van der Waals surface area (Å²) in [6.45, 7) is 0.166.